The number of benzene rings is 1. The minimum atomic E-state index is -0.413. The second kappa shape index (κ2) is 22.5. The second-order valence-electron chi connectivity index (χ2n) is 9.66. The lowest BCUT2D eigenvalue weighted by molar-refractivity contribution is -0.144. The van der Waals surface area contributed by atoms with Crippen molar-refractivity contribution >= 4 is 11.9 Å². The van der Waals surface area contributed by atoms with Crippen molar-refractivity contribution in [3.63, 3.8) is 0 Å². The molecule has 0 aliphatic rings. The molecule has 0 unspecified atom stereocenters. The highest BCUT2D eigenvalue weighted by Gasteiger charge is 2.06. The van der Waals surface area contributed by atoms with Gasteiger partial charge in [-0.3, -0.25) is 9.59 Å². The Hall–Kier alpha value is -1.91. The SMILES string of the molecule is CCCCCCCCCCCCCCOC(=O)CCCCCCCCC(=O)Oc1cccc(F)c1. The molecule has 0 bridgehead atoms. The molecule has 1 aromatic rings. The molecule has 0 heterocycles. The Balaban J connectivity index is 1.80. The van der Waals surface area contributed by atoms with E-state index in [4.69, 9.17) is 9.47 Å². The van der Waals surface area contributed by atoms with Crippen molar-refractivity contribution in [2.75, 3.05) is 6.61 Å². The maximum Gasteiger partial charge on any atom is 0.311 e. The van der Waals surface area contributed by atoms with Crippen molar-refractivity contribution < 1.29 is 23.5 Å². The third kappa shape index (κ3) is 20.0. The first kappa shape index (κ1) is 31.1. The summed E-state index contributed by atoms with van der Waals surface area (Å²) in [5.41, 5.74) is 0. The summed E-state index contributed by atoms with van der Waals surface area (Å²) in [7, 11) is 0. The summed E-state index contributed by atoms with van der Waals surface area (Å²) in [6.07, 6.45) is 22.1. The first-order valence-corrected chi connectivity index (χ1v) is 14.2. The molecule has 1 aromatic carbocycles. The van der Waals surface area contributed by atoms with Crippen molar-refractivity contribution in [1.82, 2.24) is 0 Å². The first-order valence-electron chi connectivity index (χ1n) is 14.2. The zero-order valence-electron chi connectivity index (χ0n) is 22.2. The van der Waals surface area contributed by atoms with Gasteiger partial charge in [0.25, 0.3) is 0 Å². The molecule has 35 heavy (non-hydrogen) atoms. The molecule has 0 aliphatic heterocycles. The van der Waals surface area contributed by atoms with Crippen molar-refractivity contribution in [2.24, 2.45) is 0 Å². The van der Waals surface area contributed by atoms with Crippen LogP contribution in [-0.4, -0.2) is 18.5 Å². The van der Waals surface area contributed by atoms with Crippen LogP contribution in [0.2, 0.25) is 0 Å². The fourth-order valence-corrected chi connectivity index (χ4v) is 4.16. The molecule has 0 aromatic heterocycles. The Morgan fingerprint density at radius 1 is 0.657 bits per heavy atom. The summed E-state index contributed by atoms with van der Waals surface area (Å²) in [6.45, 7) is 2.82. The molecule has 4 nitrogen and oxygen atoms in total. The third-order valence-electron chi connectivity index (χ3n) is 6.30. The van der Waals surface area contributed by atoms with Crippen LogP contribution in [0.3, 0.4) is 0 Å². The van der Waals surface area contributed by atoms with Gasteiger partial charge in [0.2, 0.25) is 0 Å². The average Bonchev–Trinajstić information content (AvgIpc) is 2.83. The number of halogens is 1. The van der Waals surface area contributed by atoms with Crippen LogP contribution in [-0.2, 0) is 14.3 Å². The lowest BCUT2D eigenvalue weighted by Crippen LogP contribution is -2.07. The Morgan fingerprint density at radius 2 is 1.14 bits per heavy atom. The second-order valence-corrected chi connectivity index (χ2v) is 9.66. The number of unbranched alkanes of at least 4 members (excludes halogenated alkanes) is 16. The molecular weight excluding hydrogens is 443 g/mol. The van der Waals surface area contributed by atoms with Gasteiger partial charge in [0.05, 0.1) is 6.61 Å². The van der Waals surface area contributed by atoms with E-state index in [1.165, 1.54) is 82.4 Å². The van der Waals surface area contributed by atoms with E-state index in [-0.39, 0.29) is 17.7 Å². The van der Waals surface area contributed by atoms with Gasteiger partial charge in [0.1, 0.15) is 11.6 Å². The monoisotopic (exact) mass is 492 g/mol. The standard InChI is InChI=1S/C30H49FO4/c1-2-3-4-5-6-7-8-9-10-13-16-19-25-34-29(32)23-17-14-11-12-15-18-24-30(33)35-28-22-20-21-27(31)26-28/h20-22,26H,2-19,23-25H2,1H3. The van der Waals surface area contributed by atoms with E-state index in [1.807, 2.05) is 0 Å². The Kier molecular flexibility index (Phi) is 20.0. The summed E-state index contributed by atoms with van der Waals surface area (Å²) in [4.78, 5) is 23.6. The van der Waals surface area contributed by atoms with Crippen LogP contribution in [0.5, 0.6) is 5.75 Å². The van der Waals surface area contributed by atoms with Crippen LogP contribution >= 0.6 is 0 Å². The van der Waals surface area contributed by atoms with Gasteiger partial charge in [-0.25, -0.2) is 4.39 Å². The van der Waals surface area contributed by atoms with Gasteiger partial charge in [0.15, 0.2) is 0 Å². The maximum atomic E-state index is 13.1. The van der Waals surface area contributed by atoms with Crippen molar-refractivity contribution in [3.05, 3.63) is 30.1 Å². The molecule has 0 aliphatic carbocycles. The highest BCUT2D eigenvalue weighted by atomic mass is 19.1. The summed E-state index contributed by atoms with van der Waals surface area (Å²) in [6, 6.07) is 5.62. The molecule has 0 saturated heterocycles. The van der Waals surface area contributed by atoms with Crippen LogP contribution < -0.4 is 4.74 Å². The first-order chi connectivity index (χ1) is 17.1. The van der Waals surface area contributed by atoms with Gasteiger partial charge < -0.3 is 9.47 Å². The number of rotatable bonds is 23. The number of esters is 2. The number of hydrogen-bond acceptors (Lipinski definition) is 4. The molecule has 5 heteroatoms. The molecule has 0 amide bonds. The van der Waals surface area contributed by atoms with Gasteiger partial charge in [-0.1, -0.05) is 109 Å². The van der Waals surface area contributed by atoms with E-state index in [0.29, 0.717) is 19.4 Å². The van der Waals surface area contributed by atoms with Gasteiger partial charge >= 0.3 is 11.9 Å². The summed E-state index contributed by atoms with van der Waals surface area (Å²) >= 11 is 0. The number of hydrogen-bond donors (Lipinski definition) is 0. The third-order valence-corrected chi connectivity index (χ3v) is 6.30. The molecule has 0 N–H and O–H groups in total. The largest absolute Gasteiger partial charge is 0.466 e. The molecule has 0 spiro atoms. The normalized spacial score (nSPS) is 10.9. The topological polar surface area (TPSA) is 52.6 Å². The van der Waals surface area contributed by atoms with E-state index in [1.54, 1.807) is 6.07 Å². The molecule has 1 rings (SSSR count). The Labute approximate surface area is 213 Å². The molecular formula is C30H49FO4. The van der Waals surface area contributed by atoms with Crippen LogP contribution in [0.4, 0.5) is 4.39 Å². The summed E-state index contributed by atoms with van der Waals surface area (Å²) < 4.78 is 23.6. The van der Waals surface area contributed by atoms with Crippen molar-refractivity contribution in [2.45, 2.75) is 135 Å². The highest BCUT2D eigenvalue weighted by Crippen LogP contribution is 2.15. The highest BCUT2D eigenvalue weighted by molar-refractivity contribution is 5.72. The van der Waals surface area contributed by atoms with Crippen LogP contribution in [0.15, 0.2) is 24.3 Å². The van der Waals surface area contributed by atoms with E-state index >= 15 is 0 Å². The van der Waals surface area contributed by atoms with E-state index < -0.39 is 5.82 Å². The minimum absolute atomic E-state index is 0.0758. The fraction of sp³-hybridized carbons (Fsp3) is 0.733. The van der Waals surface area contributed by atoms with Crippen LogP contribution in [0.1, 0.15) is 135 Å². The van der Waals surface area contributed by atoms with Gasteiger partial charge in [-0.15, -0.1) is 0 Å². The van der Waals surface area contributed by atoms with Crippen molar-refractivity contribution in [1.29, 1.82) is 0 Å². The molecule has 0 saturated carbocycles. The summed E-state index contributed by atoms with van der Waals surface area (Å²) in [5.74, 6) is -0.566. The van der Waals surface area contributed by atoms with Gasteiger partial charge in [-0.2, -0.15) is 0 Å². The number of ether oxygens (including phenoxy) is 2. The number of carbonyl (C=O) groups excluding carboxylic acids is 2. The van der Waals surface area contributed by atoms with Crippen LogP contribution in [0, 0.1) is 5.82 Å². The van der Waals surface area contributed by atoms with Gasteiger partial charge in [-0.05, 0) is 31.4 Å². The quantitative estimate of drug-likeness (QED) is 0.0868. The Morgan fingerprint density at radius 3 is 1.69 bits per heavy atom. The minimum Gasteiger partial charge on any atom is -0.466 e. The zero-order valence-corrected chi connectivity index (χ0v) is 22.2. The average molecular weight is 493 g/mol. The molecule has 200 valence electrons. The molecule has 0 fully saturated rings. The fourth-order valence-electron chi connectivity index (χ4n) is 4.16. The van der Waals surface area contributed by atoms with Gasteiger partial charge in [0, 0.05) is 18.9 Å². The Bertz CT molecular complexity index is 662. The zero-order chi connectivity index (χ0) is 25.4. The predicted molar refractivity (Wildman–Crippen MR) is 141 cm³/mol. The number of carbonyl (C=O) groups is 2. The lowest BCUT2D eigenvalue weighted by Gasteiger charge is -2.06. The van der Waals surface area contributed by atoms with E-state index in [9.17, 15) is 14.0 Å². The summed E-state index contributed by atoms with van der Waals surface area (Å²) in [5, 5.41) is 0. The maximum absolute atomic E-state index is 13.1. The van der Waals surface area contributed by atoms with E-state index in [0.717, 1.165) is 51.4 Å². The molecule has 0 atom stereocenters. The van der Waals surface area contributed by atoms with Crippen LogP contribution in [0.25, 0.3) is 0 Å². The molecule has 0 radical (unpaired) electrons. The smallest absolute Gasteiger partial charge is 0.311 e. The van der Waals surface area contributed by atoms with Crippen molar-refractivity contribution in [3.8, 4) is 5.75 Å². The lowest BCUT2D eigenvalue weighted by atomic mass is 10.1. The van der Waals surface area contributed by atoms with E-state index in [2.05, 4.69) is 6.92 Å². The predicted octanol–water partition coefficient (Wildman–Crippen LogP) is 9.10.